The van der Waals surface area contributed by atoms with Crippen LogP contribution in [0.3, 0.4) is 0 Å². The predicted octanol–water partition coefficient (Wildman–Crippen LogP) is 2.10. The second kappa shape index (κ2) is 7.36. The summed E-state index contributed by atoms with van der Waals surface area (Å²) in [4.78, 5) is 12.7. The molecule has 7 nitrogen and oxygen atoms in total. The third kappa shape index (κ3) is 3.75. The Morgan fingerprint density at radius 1 is 1.17 bits per heavy atom. The monoisotopic (exact) mass is 323 g/mol. The largest absolute Gasteiger partial charge is 0.497 e. The molecule has 3 rings (SSSR count). The van der Waals surface area contributed by atoms with Gasteiger partial charge in [0.2, 0.25) is 5.91 Å². The molecule has 1 N–H and O–H groups in total. The van der Waals surface area contributed by atoms with Crippen molar-refractivity contribution in [2.75, 3.05) is 12.4 Å². The minimum atomic E-state index is -0.537. The highest BCUT2D eigenvalue weighted by molar-refractivity contribution is 5.93. The lowest BCUT2D eigenvalue weighted by Gasteiger charge is -2.16. The number of nitrogens with one attached hydrogen (secondary N) is 1. The van der Waals surface area contributed by atoms with Crippen LogP contribution in [-0.4, -0.2) is 33.2 Å². The van der Waals surface area contributed by atoms with Gasteiger partial charge >= 0.3 is 0 Å². The molecule has 0 bridgehead atoms. The number of carbonyl (C=O) groups is 1. The van der Waals surface area contributed by atoms with Crippen molar-refractivity contribution in [3.8, 4) is 5.75 Å². The van der Waals surface area contributed by atoms with Crippen molar-refractivity contribution in [2.45, 2.75) is 12.5 Å². The molecule has 0 spiro atoms. The maximum atomic E-state index is 12.7. The lowest BCUT2D eigenvalue weighted by atomic mass is 10.1. The quantitative estimate of drug-likeness (QED) is 0.751. The highest BCUT2D eigenvalue weighted by Crippen LogP contribution is 2.19. The summed E-state index contributed by atoms with van der Waals surface area (Å²) in [6.07, 6.45) is 1.94. The van der Waals surface area contributed by atoms with Gasteiger partial charge in [0.05, 0.1) is 7.11 Å². The molecule has 0 saturated carbocycles. The number of ether oxygens (including phenoxy) is 1. The van der Waals surface area contributed by atoms with E-state index in [0.717, 1.165) is 11.3 Å². The van der Waals surface area contributed by atoms with Gasteiger partial charge in [0.25, 0.3) is 0 Å². The van der Waals surface area contributed by atoms with Crippen LogP contribution in [-0.2, 0) is 11.2 Å². The minimum Gasteiger partial charge on any atom is -0.497 e. The summed E-state index contributed by atoms with van der Waals surface area (Å²) in [6, 6.07) is 16.4. The summed E-state index contributed by atoms with van der Waals surface area (Å²) in [6.45, 7) is 0. The number of nitrogens with zero attached hydrogens (tertiary/aromatic N) is 4. The zero-order valence-corrected chi connectivity index (χ0v) is 13.2. The number of rotatable bonds is 6. The van der Waals surface area contributed by atoms with E-state index in [0.29, 0.717) is 12.1 Å². The first kappa shape index (κ1) is 15.7. The van der Waals surface area contributed by atoms with E-state index in [4.69, 9.17) is 4.74 Å². The number of hydrogen-bond acceptors (Lipinski definition) is 5. The number of tetrazole rings is 1. The Morgan fingerprint density at radius 3 is 2.54 bits per heavy atom. The van der Waals surface area contributed by atoms with Crippen LogP contribution in [0.2, 0.25) is 0 Å². The number of anilines is 1. The van der Waals surface area contributed by atoms with Crippen LogP contribution in [0.5, 0.6) is 5.75 Å². The van der Waals surface area contributed by atoms with Crippen LogP contribution in [0.4, 0.5) is 5.69 Å². The smallest absolute Gasteiger partial charge is 0.249 e. The number of benzene rings is 2. The van der Waals surface area contributed by atoms with Gasteiger partial charge in [-0.3, -0.25) is 4.79 Å². The zero-order chi connectivity index (χ0) is 16.8. The van der Waals surface area contributed by atoms with Gasteiger partial charge < -0.3 is 10.1 Å². The van der Waals surface area contributed by atoms with Crippen LogP contribution in [0.25, 0.3) is 0 Å². The molecule has 7 heteroatoms. The van der Waals surface area contributed by atoms with Crippen molar-refractivity contribution in [2.24, 2.45) is 0 Å². The topological polar surface area (TPSA) is 81.9 Å². The van der Waals surface area contributed by atoms with E-state index in [1.54, 1.807) is 31.4 Å². The van der Waals surface area contributed by atoms with Crippen molar-refractivity contribution < 1.29 is 9.53 Å². The number of amides is 1. The summed E-state index contributed by atoms with van der Waals surface area (Å²) < 4.78 is 6.58. The average molecular weight is 323 g/mol. The molecule has 1 atom stereocenters. The first-order valence-electron chi connectivity index (χ1n) is 7.47. The Balaban J connectivity index is 1.78. The fraction of sp³-hybridized carbons (Fsp3) is 0.176. The third-order valence-corrected chi connectivity index (χ3v) is 3.62. The van der Waals surface area contributed by atoms with Crippen molar-refractivity contribution in [1.82, 2.24) is 20.2 Å². The van der Waals surface area contributed by atoms with E-state index in [2.05, 4.69) is 20.8 Å². The Morgan fingerprint density at radius 2 is 1.92 bits per heavy atom. The van der Waals surface area contributed by atoms with Crippen molar-refractivity contribution in [3.05, 3.63) is 66.5 Å². The van der Waals surface area contributed by atoms with E-state index >= 15 is 0 Å². The maximum Gasteiger partial charge on any atom is 0.249 e. The standard InChI is InChI=1S/C17H17N5O2/c1-24-15-9-7-14(8-10-15)19-17(23)16(22-12-18-20-21-22)11-13-5-3-2-4-6-13/h2-10,12,16H,11H2,1H3,(H,19,23). The van der Waals surface area contributed by atoms with E-state index in [1.807, 2.05) is 30.3 Å². The Kier molecular flexibility index (Phi) is 4.81. The number of aromatic nitrogens is 4. The highest BCUT2D eigenvalue weighted by Gasteiger charge is 2.22. The molecule has 0 fully saturated rings. The van der Waals surface area contributed by atoms with Gasteiger partial charge in [-0.05, 0) is 40.3 Å². The summed E-state index contributed by atoms with van der Waals surface area (Å²) in [5.41, 5.74) is 1.72. The molecule has 1 amide bonds. The first-order chi connectivity index (χ1) is 11.8. The second-order valence-corrected chi connectivity index (χ2v) is 5.21. The molecule has 122 valence electrons. The number of hydrogen-bond donors (Lipinski definition) is 1. The van der Waals surface area contributed by atoms with Gasteiger partial charge in [0.15, 0.2) is 0 Å². The van der Waals surface area contributed by atoms with Crippen LogP contribution in [0.1, 0.15) is 11.6 Å². The summed E-state index contributed by atoms with van der Waals surface area (Å²) >= 11 is 0. The first-order valence-corrected chi connectivity index (χ1v) is 7.47. The molecule has 0 aliphatic carbocycles. The molecule has 0 saturated heterocycles. The van der Waals surface area contributed by atoms with Gasteiger partial charge in [-0.2, -0.15) is 0 Å². The van der Waals surface area contributed by atoms with Gasteiger partial charge in [-0.1, -0.05) is 30.3 Å². The Labute approximate surface area is 139 Å². The van der Waals surface area contributed by atoms with Crippen molar-refractivity contribution in [3.63, 3.8) is 0 Å². The molecular weight excluding hydrogens is 306 g/mol. The number of carbonyl (C=O) groups excluding carboxylic acids is 1. The molecule has 24 heavy (non-hydrogen) atoms. The lowest BCUT2D eigenvalue weighted by molar-refractivity contribution is -0.119. The van der Waals surface area contributed by atoms with Gasteiger partial charge in [0.1, 0.15) is 18.1 Å². The molecule has 2 aromatic carbocycles. The van der Waals surface area contributed by atoms with E-state index in [1.165, 1.54) is 11.0 Å². The van der Waals surface area contributed by atoms with Gasteiger partial charge in [0, 0.05) is 12.1 Å². The SMILES string of the molecule is COc1ccc(NC(=O)C(Cc2ccccc2)n2cnnn2)cc1. The molecule has 1 unspecified atom stereocenters. The normalized spacial score (nSPS) is 11.7. The van der Waals surface area contributed by atoms with Crippen molar-refractivity contribution in [1.29, 1.82) is 0 Å². The molecular formula is C17H17N5O2. The predicted molar refractivity (Wildman–Crippen MR) is 88.6 cm³/mol. The summed E-state index contributed by atoms with van der Waals surface area (Å²) in [5.74, 6) is 0.547. The zero-order valence-electron chi connectivity index (χ0n) is 13.2. The van der Waals surface area contributed by atoms with Crippen LogP contribution < -0.4 is 10.1 Å². The van der Waals surface area contributed by atoms with Gasteiger partial charge in [-0.15, -0.1) is 5.10 Å². The Bertz CT molecular complexity index is 773. The molecule has 1 heterocycles. The van der Waals surface area contributed by atoms with Crippen LogP contribution in [0, 0.1) is 0 Å². The number of methoxy groups -OCH3 is 1. The van der Waals surface area contributed by atoms with E-state index in [9.17, 15) is 4.79 Å². The average Bonchev–Trinajstić information content (AvgIpc) is 3.15. The molecule has 0 radical (unpaired) electrons. The fourth-order valence-electron chi connectivity index (χ4n) is 2.35. The van der Waals surface area contributed by atoms with E-state index < -0.39 is 6.04 Å². The molecule has 0 aliphatic rings. The third-order valence-electron chi connectivity index (χ3n) is 3.62. The van der Waals surface area contributed by atoms with Gasteiger partial charge in [-0.25, -0.2) is 4.68 Å². The second-order valence-electron chi connectivity index (χ2n) is 5.21. The molecule has 3 aromatic rings. The molecule has 0 aliphatic heterocycles. The lowest BCUT2D eigenvalue weighted by Crippen LogP contribution is -2.28. The highest BCUT2D eigenvalue weighted by atomic mass is 16.5. The summed E-state index contributed by atoms with van der Waals surface area (Å²) in [5, 5.41) is 14.0. The van der Waals surface area contributed by atoms with Crippen molar-refractivity contribution >= 4 is 11.6 Å². The fourth-order valence-corrected chi connectivity index (χ4v) is 2.35. The Hall–Kier alpha value is -3.22. The minimum absolute atomic E-state index is 0.184. The maximum absolute atomic E-state index is 12.7. The summed E-state index contributed by atoms with van der Waals surface area (Å²) in [7, 11) is 1.60. The molecule has 1 aromatic heterocycles. The van der Waals surface area contributed by atoms with Crippen LogP contribution in [0.15, 0.2) is 60.9 Å². The van der Waals surface area contributed by atoms with Crippen LogP contribution >= 0.6 is 0 Å². The van der Waals surface area contributed by atoms with E-state index in [-0.39, 0.29) is 5.91 Å².